The zero-order valence-corrected chi connectivity index (χ0v) is 20.1. The van der Waals surface area contributed by atoms with Gasteiger partial charge >= 0.3 is 0 Å². The van der Waals surface area contributed by atoms with Crippen LogP contribution < -0.4 is 10.2 Å². The molecule has 1 aliphatic rings. The molecule has 3 aromatic rings. The number of aromatic nitrogens is 1. The molecule has 1 fully saturated rings. The summed E-state index contributed by atoms with van der Waals surface area (Å²) in [6, 6.07) is 16.9. The van der Waals surface area contributed by atoms with Crippen LogP contribution in [0.4, 0.5) is 11.4 Å². The van der Waals surface area contributed by atoms with Crippen molar-refractivity contribution in [1.29, 1.82) is 0 Å². The Bertz CT molecular complexity index is 1180. The third-order valence-electron chi connectivity index (χ3n) is 5.32. The Morgan fingerprint density at radius 3 is 2.48 bits per heavy atom. The minimum absolute atomic E-state index is 0.00899. The van der Waals surface area contributed by atoms with Gasteiger partial charge in [-0.15, -0.1) is 0 Å². The summed E-state index contributed by atoms with van der Waals surface area (Å²) in [5.41, 5.74) is 2.92. The second-order valence-electron chi connectivity index (χ2n) is 7.56. The third kappa shape index (κ3) is 6.00. The van der Waals surface area contributed by atoms with Crippen molar-refractivity contribution in [2.24, 2.45) is 0 Å². The summed E-state index contributed by atoms with van der Waals surface area (Å²) >= 11 is 9.55. The van der Waals surface area contributed by atoms with Gasteiger partial charge in [-0.2, -0.15) is 0 Å². The van der Waals surface area contributed by atoms with Crippen molar-refractivity contribution in [3.8, 4) is 0 Å². The second-order valence-corrected chi connectivity index (χ2v) is 8.92. The lowest BCUT2D eigenvalue weighted by Crippen LogP contribution is -2.48. The summed E-state index contributed by atoms with van der Waals surface area (Å²) in [6.07, 6.45) is 6.58. The van der Waals surface area contributed by atoms with E-state index < -0.39 is 0 Å². The maximum absolute atomic E-state index is 12.7. The molecule has 0 unspecified atom stereocenters. The quantitative estimate of drug-likeness (QED) is 0.470. The number of hydrogen-bond acceptors (Lipinski definition) is 4. The Hall–Kier alpha value is -3.16. The summed E-state index contributed by atoms with van der Waals surface area (Å²) in [4.78, 5) is 33.4. The van der Waals surface area contributed by atoms with Crippen LogP contribution >= 0.6 is 27.5 Å². The van der Waals surface area contributed by atoms with Crippen LogP contribution in [0.2, 0.25) is 5.02 Å². The van der Waals surface area contributed by atoms with Gasteiger partial charge in [0.2, 0.25) is 5.91 Å². The first kappa shape index (κ1) is 23.0. The Morgan fingerprint density at radius 1 is 1.00 bits per heavy atom. The number of nitrogens with one attached hydrogen (secondary N) is 1. The molecule has 8 heteroatoms. The number of halogens is 2. The number of anilines is 2. The Labute approximate surface area is 206 Å². The van der Waals surface area contributed by atoms with E-state index in [9.17, 15) is 9.59 Å². The van der Waals surface area contributed by atoms with Gasteiger partial charge in [-0.05, 0) is 51.8 Å². The van der Waals surface area contributed by atoms with Gasteiger partial charge in [0.15, 0.2) is 0 Å². The first-order valence-electron chi connectivity index (χ1n) is 10.5. The van der Waals surface area contributed by atoms with E-state index in [1.165, 1.54) is 6.20 Å². The summed E-state index contributed by atoms with van der Waals surface area (Å²) in [5, 5.41) is 3.48. The molecular weight excluding hydrogens is 504 g/mol. The van der Waals surface area contributed by atoms with Crippen molar-refractivity contribution in [2.45, 2.75) is 0 Å². The number of rotatable bonds is 5. The van der Waals surface area contributed by atoms with Gasteiger partial charge in [0.1, 0.15) is 0 Å². The van der Waals surface area contributed by atoms with E-state index in [0.717, 1.165) is 15.7 Å². The summed E-state index contributed by atoms with van der Waals surface area (Å²) in [5.74, 6) is -0.280. The molecule has 2 heterocycles. The first-order valence-corrected chi connectivity index (χ1v) is 11.6. The Morgan fingerprint density at radius 2 is 1.76 bits per heavy atom. The van der Waals surface area contributed by atoms with Crippen LogP contribution in [0.1, 0.15) is 15.9 Å². The maximum Gasteiger partial charge on any atom is 0.257 e. The number of nitrogens with zero attached hydrogens (tertiary/aromatic N) is 3. The number of carbonyl (C=O) groups excluding carboxylic acids is 2. The van der Waals surface area contributed by atoms with Crippen molar-refractivity contribution >= 4 is 56.8 Å². The molecule has 0 atom stereocenters. The van der Waals surface area contributed by atoms with Crippen molar-refractivity contribution < 1.29 is 9.59 Å². The number of benzene rings is 2. The minimum atomic E-state index is -0.271. The number of amides is 2. The molecule has 1 saturated heterocycles. The lowest BCUT2D eigenvalue weighted by molar-refractivity contribution is -0.126. The Balaban J connectivity index is 1.42. The van der Waals surface area contributed by atoms with Gasteiger partial charge in [0, 0.05) is 54.1 Å². The lowest BCUT2D eigenvalue weighted by Gasteiger charge is -2.36. The molecule has 1 aromatic heterocycles. The van der Waals surface area contributed by atoms with E-state index in [-0.39, 0.29) is 11.8 Å². The van der Waals surface area contributed by atoms with Gasteiger partial charge in [0.05, 0.1) is 16.9 Å². The van der Waals surface area contributed by atoms with Crippen LogP contribution in [0.25, 0.3) is 6.08 Å². The first-order chi connectivity index (χ1) is 16.0. The van der Waals surface area contributed by atoms with Gasteiger partial charge in [-0.3, -0.25) is 14.6 Å². The third-order valence-corrected chi connectivity index (χ3v) is 5.99. The molecule has 0 saturated carbocycles. The highest BCUT2D eigenvalue weighted by atomic mass is 79.9. The predicted molar refractivity (Wildman–Crippen MR) is 136 cm³/mol. The standard InChI is InChI=1S/C25H22BrClN4O2/c26-20-14-19(16-28-17-20)25(33)29-22-15-21(27)7-8-23(22)30-10-12-31(13-11-30)24(32)9-6-18-4-2-1-3-5-18/h1-9,14-17H,10-13H2,(H,29,33)/b9-6+. The molecule has 0 spiro atoms. The zero-order chi connectivity index (χ0) is 23.2. The summed E-state index contributed by atoms with van der Waals surface area (Å²) < 4.78 is 0.726. The van der Waals surface area contributed by atoms with Crippen LogP contribution in [0, 0.1) is 0 Å². The van der Waals surface area contributed by atoms with Crippen LogP contribution in [-0.4, -0.2) is 47.9 Å². The second kappa shape index (κ2) is 10.6. The number of carbonyl (C=O) groups is 2. The molecule has 0 radical (unpaired) electrons. The highest BCUT2D eigenvalue weighted by Gasteiger charge is 2.22. The highest BCUT2D eigenvalue weighted by molar-refractivity contribution is 9.10. The van der Waals surface area contributed by atoms with E-state index in [0.29, 0.717) is 42.5 Å². The topological polar surface area (TPSA) is 65.5 Å². The molecule has 4 rings (SSSR count). The van der Waals surface area contributed by atoms with Crippen molar-refractivity contribution in [3.63, 3.8) is 0 Å². The average Bonchev–Trinajstić information content (AvgIpc) is 2.83. The van der Waals surface area contributed by atoms with E-state index in [1.807, 2.05) is 47.4 Å². The molecule has 6 nitrogen and oxygen atoms in total. The zero-order valence-electron chi connectivity index (χ0n) is 17.7. The maximum atomic E-state index is 12.7. The van der Waals surface area contributed by atoms with Gasteiger partial charge < -0.3 is 15.1 Å². The summed E-state index contributed by atoms with van der Waals surface area (Å²) in [6.45, 7) is 2.47. The van der Waals surface area contributed by atoms with Crippen LogP contribution in [0.5, 0.6) is 0 Å². The average molecular weight is 526 g/mol. The number of piperazine rings is 1. The smallest absolute Gasteiger partial charge is 0.257 e. The van der Waals surface area contributed by atoms with Gasteiger partial charge in [0.25, 0.3) is 5.91 Å². The molecule has 1 aliphatic heterocycles. The molecule has 0 bridgehead atoms. The van der Waals surface area contributed by atoms with Gasteiger partial charge in [-0.1, -0.05) is 41.9 Å². The number of pyridine rings is 1. The lowest BCUT2D eigenvalue weighted by atomic mass is 10.2. The fraction of sp³-hybridized carbons (Fsp3) is 0.160. The molecule has 2 aromatic carbocycles. The van der Waals surface area contributed by atoms with E-state index in [1.54, 1.807) is 30.5 Å². The molecular formula is C25H22BrClN4O2. The SMILES string of the molecule is O=C(Nc1cc(Cl)ccc1N1CCN(C(=O)/C=C/c2ccccc2)CC1)c1cncc(Br)c1. The van der Waals surface area contributed by atoms with Crippen molar-refractivity contribution in [2.75, 3.05) is 36.4 Å². The van der Waals surface area contributed by atoms with Crippen molar-refractivity contribution in [1.82, 2.24) is 9.88 Å². The fourth-order valence-electron chi connectivity index (χ4n) is 3.62. The van der Waals surface area contributed by atoms with E-state index >= 15 is 0 Å². The molecule has 0 aliphatic carbocycles. The van der Waals surface area contributed by atoms with E-state index in [4.69, 9.17) is 11.6 Å². The predicted octanol–water partition coefficient (Wildman–Crippen LogP) is 5.11. The summed E-state index contributed by atoms with van der Waals surface area (Å²) in [7, 11) is 0. The fourth-order valence-corrected chi connectivity index (χ4v) is 4.16. The molecule has 33 heavy (non-hydrogen) atoms. The normalized spacial score (nSPS) is 13.9. The minimum Gasteiger partial charge on any atom is -0.366 e. The van der Waals surface area contributed by atoms with Gasteiger partial charge in [-0.25, -0.2) is 0 Å². The molecule has 168 valence electrons. The van der Waals surface area contributed by atoms with Crippen LogP contribution in [0.15, 0.2) is 77.5 Å². The highest BCUT2D eigenvalue weighted by Crippen LogP contribution is 2.30. The molecule has 2 amide bonds. The van der Waals surface area contributed by atoms with Crippen LogP contribution in [-0.2, 0) is 4.79 Å². The van der Waals surface area contributed by atoms with Crippen molar-refractivity contribution in [3.05, 3.63) is 93.7 Å². The van der Waals surface area contributed by atoms with Crippen LogP contribution in [0.3, 0.4) is 0 Å². The Kier molecular flexibility index (Phi) is 7.42. The largest absolute Gasteiger partial charge is 0.366 e. The molecule has 1 N–H and O–H groups in total. The van der Waals surface area contributed by atoms with E-state index in [2.05, 4.69) is 31.1 Å². The monoisotopic (exact) mass is 524 g/mol. The number of hydrogen-bond donors (Lipinski definition) is 1.